The molecule has 0 aliphatic carbocycles. The molecule has 2 aliphatic rings. The summed E-state index contributed by atoms with van der Waals surface area (Å²) < 4.78 is 43.4. The highest BCUT2D eigenvalue weighted by Gasteiger charge is 2.41. The Hall–Kier alpha value is -2.18. The van der Waals surface area contributed by atoms with Crippen LogP contribution in [0.25, 0.3) is 0 Å². The highest BCUT2D eigenvalue weighted by atomic mass is 32.1. The van der Waals surface area contributed by atoms with E-state index < -0.39 is 12.1 Å². The number of carbonyl (C=O) groups is 1. The van der Waals surface area contributed by atoms with Gasteiger partial charge in [-0.05, 0) is 33.2 Å². The molecule has 2 fully saturated rings. The van der Waals surface area contributed by atoms with E-state index in [0.29, 0.717) is 0 Å². The van der Waals surface area contributed by atoms with Gasteiger partial charge in [0.1, 0.15) is 5.76 Å². The number of hydrogen-bond donors (Lipinski definition) is 1. The van der Waals surface area contributed by atoms with E-state index in [0.717, 1.165) is 68.8 Å². The fraction of sp³-hybridized carbons (Fsp3) is 0.632. The van der Waals surface area contributed by atoms with E-state index in [1.807, 2.05) is 25.4 Å². The van der Waals surface area contributed by atoms with Crippen molar-refractivity contribution < 1.29 is 32.3 Å². The Labute approximate surface area is 181 Å². The molecule has 2 aromatic rings. The molecule has 0 aromatic carbocycles. The quantitative estimate of drug-likeness (QED) is 0.743. The van der Waals surface area contributed by atoms with Crippen LogP contribution in [0, 0.1) is 13.8 Å². The molecule has 8 nitrogen and oxygen atoms in total. The minimum absolute atomic E-state index is 0.0822. The lowest BCUT2D eigenvalue weighted by Gasteiger charge is -2.48. The Morgan fingerprint density at radius 2 is 2.06 bits per heavy atom. The Morgan fingerprint density at radius 3 is 2.65 bits per heavy atom. The Kier molecular flexibility index (Phi) is 7.22. The summed E-state index contributed by atoms with van der Waals surface area (Å²) in [5, 5.41) is 14.4. The van der Waals surface area contributed by atoms with E-state index in [1.165, 1.54) is 5.56 Å². The van der Waals surface area contributed by atoms with Crippen LogP contribution < -0.4 is 4.90 Å². The topological polar surface area (TPSA) is 91.9 Å². The lowest BCUT2D eigenvalue weighted by Crippen LogP contribution is -2.59. The summed E-state index contributed by atoms with van der Waals surface area (Å²) in [4.78, 5) is 18.2. The SMILES string of the molecule is Cc1noc(C)c1CN1CCCC2(C1)CN(c1nccs1)CCO2.O=C(O)C(F)(F)F. The van der Waals surface area contributed by atoms with E-state index in [9.17, 15) is 13.2 Å². The van der Waals surface area contributed by atoms with Crippen LogP contribution in [0.4, 0.5) is 18.3 Å². The molecule has 2 saturated heterocycles. The van der Waals surface area contributed by atoms with Gasteiger partial charge in [0.05, 0.1) is 24.4 Å². The Balaban J connectivity index is 0.000000339. The molecule has 4 rings (SSSR count). The predicted molar refractivity (Wildman–Crippen MR) is 107 cm³/mol. The zero-order chi connectivity index (χ0) is 22.6. The normalized spacial score (nSPS) is 22.3. The van der Waals surface area contributed by atoms with Crippen LogP contribution in [-0.2, 0) is 16.1 Å². The van der Waals surface area contributed by atoms with Gasteiger partial charge in [-0.15, -0.1) is 11.3 Å². The third-order valence-corrected chi connectivity index (χ3v) is 6.19. The second-order valence-corrected chi connectivity index (χ2v) is 8.56. The summed E-state index contributed by atoms with van der Waals surface area (Å²) in [5.74, 6) is -1.83. The van der Waals surface area contributed by atoms with Crippen molar-refractivity contribution in [2.24, 2.45) is 0 Å². The number of aromatic nitrogens is 2. The summed E-state index contributed by atoms with van der Waals surface area (Å²) >= 11 is 1.71. The number of morpholine rings is 1. The largest absolute Gasteiger partial charge is 0.490 e. The number of thiazole rings is 1. The predicted octanol–water partition coefficient (Wildman–Crippen LogP) is 3.25. The molecule has 2 aromatic heterocycles. The van der Waals surface area contributed by atoms with Crippen LogP contribution in [-0.4, -0.2) is 70.7 Å². The highest BCUT2D eigenvalue weighted by molar-refractivity contribution is 7.13. The standard InChI is InChI=1S/C17H24N4O2S.C2HF3O2/c1-13-15(14(2)23-19-13)10-20-6-3-4-17(11-20)12-21(7-8-22-17)16-18-5-9-24-16;3-2(4,5)1(6)7/h5,9H,3-4,6-8,10-12H2,1-2H3;(H,6,7). The minimum atomic E-state index is -5.08. The van der Waals surface area contributed by atoms with E-state index in [1.54, 1.807) is 11.3 Å². The number of aryl methyl sites for hydroxylation is 2. The number of ether oxygens (including phenoxy) is 1. The van der Waals surface area contributed by atoms with Crippen molar-refractivity contribution in [2.75, 3.05) is 37.7 Å². The zero-order valence-electron chi connectivity index (χ0n) is 17.3. The maximum atomic E-state index is 10.6. The van der Waals surface area contributed by atoms with Gasteiger partial charge < -0.3 is 19.3 Å². The third-order valence-electron chi connectivity index (χ3n) is 5.36. The molecule has 1 N–H and O–H groups in total. The molecule has 4 heterocycles. The summed E-state index contributed by atoms with van der Waals surface area (Å²) in [6.07, 6.45) is -0.922. The number of hydrogen-bond acceptors (Lipinski definition) is 8. The minimum Gasteiger partial charge on any atom is -0.475 e. The van der Waals surface area contributed by atoms with Crippen molar-refractivity contribution in [1.29, 1.82) is 0 Å². The molecule has 1 spiro atoms. The molecule has 0 saturated carbocycles. The monoisotopic (exact) mass is 462 g/mol. The maximum Gasteiger partial charge on any atom is 0.490 e. The Morgan fingerprint density at radius 1 is 1.32 bits per heavy atom. The molecule has 0 radical (unpaired) electrons. The third kappa shape index (κ3) is 5.95. The first-order valence-electron chi connectivity index (χ1n) is 9.82. The number of alkyl halides is 3. The van der Waals surface area contributed by atoms with Gasteiger partial charge in [-0.3, -0.25) is 4.90 Å². The molecule has 12 heteroatoms. The number of piperidine rings is 1. The van der Waals surface area contributed by atoms with Crippen LogP contribution >= 0.6 is 11.3 Å². The molecule has 2 aliphatic heterocycles. The number of nitrogens with zero attached hydrogens (tertiary/aromatic N) is 4. The lowest BCUT2D eigenvalue weighted by atomic mass is 9.90. The average Bonchev–Trinajstić information content (AvgIpc) is 3.34. The fourth-order valence-electron chi connectivity index (χ4n) is 3.90. The fourth-order valence-corrected chi connectivity index (χ4v) is 4.57. The van der Waals surface area contributed by atoms with Gasteiger partial charge in [0.2, 0.25) is 0 Å². The van der Waals surface area contributed by atoms with Gasteiger partial charge in [-0.2, -0.15) is 13.2 Å². The number of rotatable bonds is 3. The number of halogens is 3. The van der Waals surface area contributed by atoms with Gasteiger partial charge in [0.15, 0.2) is 5.13 Å². The van der Waals surface area contributed by atoms with Gasteiger partial charge in [-0.25, -0.2) is 9.78 Å². The average molecular weight is 462 g/mol. The van der Waals surface area contributed by atoms with Crippen molar-refractivity contribution in [3.8, 4) is 0 Å². The second kappa shape index (κ2) is 9.53. The summed E-state index contributed by atoms with van der Waals surface area (Å²) in [6.45, 7) is 9.61. The molecule has 172 valence electrons. The van der Waals surface area contributed by atoms with Crippen LogP contribution in [0.1, 0.15) is 29.9 Å². The first-order valence-corrected chi connectivity index (χ1v) is 10.7. The van der Waals surface area contributed by atoms with E-state index in [4.69, 9.17) is 19.2 Å². The number of likely N-dealkylation sites (tertiary alicyclic amines) is 1. The van der Waals surface area contributed by atoms with Crippen molar-refractivity contribution in [1.82, 2.24) is 15.0 Å². The molecular weight excluding hydrogens is 437 g/mol. The van der Waals surface area contributed by atoms with E-state index in [-0.39, 0.29) is 5.60 Å². The zero-order valence-corrected chi connectivity index (χ0v) is 18.1. The molecule has 0 bridgehead atoms. The van der Waals surface area contributed by atoms with Crippen LogP contribution in [0.3, 0.4) is 0 Å². The van der Waals surface area contributed by atoms with E-state index >= 15 is 0 Å². The van der Waals surface area contributed by atoms with Gasteiger partial charge in [0, 0.05) is 36.8 Å². The number of carboxylic acids is 1. The van der Waals surface area contributed by atoms with Crippen molar-refractivity contribution in [3.63, 3.8) is 0 Å². The smallest absolute Gasteiger partial charge is 0.475 e. The number of aliphatic carboxylic acids is 1. The molecule has 1 atom stereocenters. The lowest BCUT2D eigenvalue weighted by molar-refractivity contribution is -0.192. The summed E-state index contributed by atoms with van der Waals surface area (Å²) in [7, 11) is 0. The Bertz CT molecular complexity index is 851. The van der Waals surface area contributed by atoms with Gasteiger partial charge >= 0.3 is 12.1 Å². The molecule has 0 amide bonds. The second-order valence-electron chi connectivity index (χ2n) is 7.69. The van der Waals surface area contributed by atoms with E-state index in [2.05, 4.69) is 19.9 Å². The number of carboxylic acid groups (broad SMARTS) is 1. The van der Waals surface area contributed by atoms with Crippen molar-refractivity contribution in [3.05, 3.63) is 28.6 Å². The summed E-state index contributed by atoms with van der Waals surface area (Å²) in [6, 6.07) is 0. The van der Waals surface area contributed by atoms with Crippen molar-refractivity contribution in [2.45, 2.75) is 45.0 Å². The molecule has 31 heavy (non-hydrogen) atoms. The van der Waals surface area contributed by atoms with Crippen LogP contribution in [0.15, 0.2) is 16.1 Å². The number of anilines is 1. The van der Waals surface area contributed by atoms with Crippen molar-refractivity contribution >= 4 is 22.4 Å². The maximum absolute atomic E-state index is 10.6. The highest BCUT2D eigenvalue weighted by Crippen LogP contribution is 2.32. The molecule has 1 unspecified atom stereocenters. The molecular formula is C19H25F3N4O4S. The summed E-state index contributed by atoms with van der Waals surface area (Å²) in [5.41, 5.74) is 2.14. The van der Waals surface area contributed by atoms with Crippen LogP contribution in [0.2, 0.25) is 0 Å². The first kappa shape index (κ1) is 23.5. The first-order chi connectivity index (χ1) is 14.6. The van der Waals surface area contributed by atoms with Crippen LogP contribution in [0.5, 0.6) is 0 Å². The van der Waals surface area contributed by atoms with Gasteiger partial charge in [0.25, 0.3) is 0 Å². The van der Waals surface area contributed by atoms with Gasteiger partial charge in [-0.1, -0.05) is 5.16 Å².